The number of amides is 1. The number of pyridine rings is 1. The fourth-order valence-corrected chi connectivity index (χ4v) is 2.06. The SMILES string of the molecule is NCc1cn(CC(=O)Nc2cccc3ncccc23)nn1. The standard InChI is InChI=1S/C14H14N6O/c15-7-10-8-20(19-18-10)9-14(21)17-13-5-1-4-12-11(13)3-2-6-16-12/h1-6,8H,7,9,15H2,(H,17,21). The van der Waals surface area contributed by atoms with Crippen LogP contribution < -0.4 is 11.1 Å². The van der Waals surface area contributed by atoms with Gasteiger partial charge in [-0.1, -0.05) is 11.3 Å². The van der Waals surface area contributed by atoms with E-state index in [1.54, 1.807) is 12.4 Å². The molecule has 0 aliphatic carbocycles. The van der Waals surface area contributed by atoms with E-state index in [1.165, 1.54) is 4.68 Å². The number of nitrogens with zero attached hydrogens (tertiary/aromatic N) is 4. The minimum atomic E-state index is -0.181. The number of nitrogens with two attached hydrogens (primary N) is 1. The number of fused-ring (bicyclic) bond motifs is 1. The van der Waals surface area contributed by atoms with Crippen molar-refractivity contribution in [2.24, 2.45) is 5.73 Å². The molecule has 0 unspecified atom stereocenters. The molecule has 2 aromatic heterocycles. The molecule has 0 fully saturated rings. The average molecular weight is 282 g/mol. The largest absolute Gasteiger partial charge is 0.325 e. The van der Waals surface area contributed by atoms with E-state index >= 15 is 0 Å². The molecule has 0 saturated heterocycles. The number of hydrogen-bond acceptors (Lipinski definition) is 5. The average Bonchev–Trinajstić information content (AvgIpc) is 2.95. The number of anilines is 1. The van der Waals surface area contributed by atoms with Gasteiger partial charge in [-0.3, -0.25) is 9.78 Å². The van der Waals surface area contributed by atoms with Crippen molar-refractivity contribution in [1.29, 1.82) is 0 Å². The van der Waals surface area contributed by atoms with Crippen LogP contribution in [-0.4, -0.2) is 25.9 Å². The van der Waals surface area contributed by atoms with Crippen LogP contribution in [0.3, 0.4) is 0 Å². The third-order valence-corrected chi connectivity index (χ3v) is 3.02. The van der Waals surface area contributed by atoms with Gasteiger partial charge in [-0.05, 0) is 24.3 Å². The van der Waals surface area contributed by atoms with E-state index in [2.05, 4.69) is 20.6 Å². The van der Waals surface area contributed by atoms with Crippen LogP contribution in [0.4, 0.5) is 5.69 Å². The van der Waals surface area contributed by atoms with Crippen molar-refractivity contribution in [3.05, 3.63) is 48.4 Å². The first-order chi connectivity index (χ1) is 10.3. The second-order valence-corrected chi connectivity index (χ2v) is 4.54. The Balaban J connectivity index is 1.77. The van der Waals surface area contributed by atoms with Gasteiger partial charge in [-0.2, -0.15) is 0 Å². The van der Waals surface area contributed by atoms with Gasteiger partial charge in [0.2, 0.25) is 5.91 Å². The lowest BCUT2D eigenvalue weighted by Gasteiger charge is -2.08. The van der Waals surface area contributed by atoms with Crippen LogP contribution >= 0.6 is 0 Å². The summed E-state index contributed by atoms with van der Waals surface area (Å²) in [5.74, 6) is -0.181. The molecule has 0 aliphatic heterocycles. The zero-order valence-electron chi connectivity index (χ0n) is 11.2. The molecule has 2 heterocycles. The highest BCUT2D eigenvalue weighted by atomic mass is 16.2. The molecular formula is C14H14N6O. The molecule has 0 bridgehead atoms. The van der Waals surface area contributed by atoms with Gasteiger partial charge in [0.1, 0.15) is 6.54 Å². The Labute approximate surface area is 120 Å². The number of carbonyl (C=O) groups excluding carboxylic acids is 1. The monoisotopic (exact) mass is 282 g/mol. The molecule has 3 aromatic rings. The minimum absolute atomic E-state index is 0.0870. The summed E-state index contributed by atoms with van der Waals surface area (Å²) in [5.41, 5.74) is 7.67. The highest BCUT2D eigenvalue weighted by Crippen LogP contribution is 2.21. The van der Waals surface area contributed by atoms with Crippen LogP contribution in [0.5, 0.6) is 0 Å². The summed E-state index contributed by atoms with van der Waals surface area (Å²) in [6.07, 6.45) is 3.38. The smallest absolute Gasteiger partial charge is 0.246 e. The van der Waals surface area contributed by atoms with Crippen LogP contribution in [-0.2, 0) is 17.9 Å². The van der Waals surface area contributed by atoms with E-state index in [1.807, 2.05) is 30.3 Å². The van der Waals surface area contributed by atoms with Crippen LogP contribution in [0.25, 0.3) is 10.9 Å². The molecule has 0 atom stereocenters. The summed E-state index contributed by atoms with van der Waals surface area (Å²) in [5, 5.41) is 11.4. The number of aromatic nitrogens is 4. The van der Waals surface area contributed by atoms with Crippen molar-refractivity contribution in [3.8, 4) is 0 Å². The topological polar surface area (TPSA) is 98.7 Å². The van der Waals surface area contributed by atoms with Crippen LogP contribution in [0.1, 0.15) is 5.69 Å². The van der Waals surface area contributed by atoms with E-state index in [-0.39, 0.29) is 12.5 Å². The predicted octanol–water partition coefficient (Wildman–Crippen LogP) is 0.924. The first-order valence-corrected chi connectivity index (χ1v) is 6.49. The van der Waals surface area contributed by atoms with Gasteiger partial charge in [-0.25, -0.2) is 4.68 Å². The highest BCUT2D eigenvalue weighted by Gasteiger charge is 2.08. The summed E-state index contributed by atoms with van der Waals surface area (Å²) >= 11 is 0. The second-order valence-electron chi connectivity index (χ2n) is 4.54. The molecule has 3 rings (SSSR count). The fourth-order valence-electron chi connectivity index (χ4n) is 2.06. The van der Waals surface area contributed by atoms with Gasteiger partial charge in [0, 0.05) is 18.1 Å². The van der Waals surface area contributed by atoms with Crippen molar-refractivity contribution in [2.75, 3.05) is 5.32 Å². The summed E-state index contributed by atoms with van der Waals surface area (Å²) in [4.78, 5) is 16.3. The molecule has 7 heteroatoms. The molecule has 21 heavy (non-hydrogen) atoms. The fraction of sp³-hybridized carbons (Fsp3) is 0.143. The summed E-state index contributed by atoms with van der Waals surface area (Å²) < 4.78 is 1.46. The zero-order valence-corrected chi connectivity index (χ0v) is 11.2. The summed E-state index contributed by atoms with van der Waals surface area (Å²) in [6, 6.07) is 9.35. The van der Waals surface area contributed by atoms with Crippen molar-refractivity contribution >= 4 is 22.5 Å². The van der Waals surface area contributed by atoms with Crippen molar-refractivity contribution in [1.82, 2.24) is 20.0 Å². The second kappa shape index (κ2) is 5.68. The summed E-state index contributed by atoms with van der Waals surface area (Å²) in [7, 11) is 0. The molecule has 0 radical (unpaired) electrons. The third-order valence-electron chi connectivity index (χ3n) is 3.02. The Morgan fingerprint density at radius 2 is 2.19 bits per heavy atom. The Kier molecular flexibility index (Phi) is 3.57. The Morgan fingerprint density at radius 3 is 3.00 bits per heavy atom. The van der Waals surface area contributed by atoms with Gasteiger partial charge < -0.3 is 11.1 Å². The van der Waals surface area contributed by atoms with Crippen LogP contribution in [0, 0.1) is 0 Å². The van der Waals surface area contributed by atoms with E-state index < -0.39 is 0 Å². The van der Waals surface area contributed by atoms with E-state index in [0.29, 0.717) is 12.2 Å². The molecule has 0 spiro atoms. The number of carbonyl (C=O) groups is 1. The zero-order chi connectivity index (χ0) is 14.7. The lowest BCUT2D eigenvalue weighted by atomic mass is 10.2. The number of nitrogens with one attached hydrogen (secondary N) is 1. The van der Waals surface area contributed by atoms with E-state index in [4.69, 9.17) is 5.73 Å². The molecule has 7 nitrogen and oxygen atoms in total. The maximum absolute atomic E-state index is 12.1. The Bertz CT molecular complexity index is 776. The first kappa shape index (κ1) is 13.2. The molecule has 3 N–H and O–H groups in total. The van der Waals surface area contributed by atoms with Crippen LogP contribution in [0.2, 0.25) is 0 Å². The van der Waals surface area contributed by atoms with Crippen molar-refractivity contribution < 1.29 is 4.79 Å². The normalized spacial score (nSPS) is 10.7. The minimum Gasteiger partial charge on any atom is -0.325 e. The van der Waals surface area contributed by atoms with Gasteiger partial charge in [0.25, 0.3) is 0 Å². The van der Waals surface area contributed by atoms with Gasteiger partial charge >= 0.3 is 0 Å². The lowest BCUT2D eigenvalue weighted by Crippen LogP contribution is -2.19. The molecule has 0 aliphatic rings. The Hall–Kier alpha value is -2.80. The Morgan fingerprint density at radius 1 is 1.29 bits per heavy atom. The van der Waals surface area contributed by atoms with Crippen molar-refractivity contribution in [2.45, 2.75) is 13.1 Å². The number of hydrogen-bond donors (Lipinski definition) is 2. The quantitative estimate of drug-likeness (QED) is 0.741. The van der Waals surface area contributed by atoms with Gasteiger partial charge in [0.15, 0.2) is 0 Å². The molecular weight excluding hydrogens is 268 g/mol. The maximum Gasteiger partial charge on any atom is 0.246 e. The lowest BCUT2D eigenvalue weighted by molar-refractivity contribution is -0.116. The molecule has 106 valence electrons. The van der Waals surface area contributed by atoms with Gasteiger partial charge in [-0.15, -0.1) is 5.10 Å². The molecule has 1 amide bonds. The van der Waals surface area contributed by atoms with Crippen molar-refractivity contribution in [3.63, 3.8) is 0 Å². The molecule has 1 aromatic carbocycles. The molecule has 0 saturated carbocycles. The number of rotatable bonds is 4. The third kappa shape index (κ3) is 2.87. The summed E-state index contributed by atoms with van der Waals surface area (Å²) in [6.45, 7) is 0.389. The number of benzene rings is 1. The maximum atomic E-state index is 12.1. The van der Waals surface area contributed by atoms with E-state index in [0.717, 1.165) is 16.6 Å². The van der Waals surface area contributed by atoms with E-state index in [9.17, 15) is 4.79 Å². The van der Waals surface area contributed by atoms with Gasteiger partial charge in [0.05, 0.1) is 23.1 Å². The highest BCUT2D eigenvalue weighted by molar-refractivity contribution is 6.00. The van der Waals surface area contributed by atoms with Crippen LogP contribution in [0.15, 0.2) is 42.7 Å². The predicted molar refractivity (Wildman–Crippen MR) is 78.3 cm³/mol. The first-order valence-electron chi connectivity index (χ1n) is 6.49.